The number of fused-ring (bicyclic) bond motifs is 1. The lowest BCUT2D eigenvalue weighted by molar-refractivity contribution is -0.142. The van der Waals surface area contributed by atoms with E-state index in [9.17, 15) is 9.90 Å². The van der Waals surface area contributed by atoms with Crippen LogP contribution in [0.5, 0.6) is 0 Å². The summed E-state index contributed by atoms with van der Waals surface area (Å²) in [5.41, 5.74) is 1.24. The number of aliphatic carboxylic acids is 1. The van der Waals surface area contributed by atoms with E-state index in [1.165, 1.54) is 0 Å². The van der Waals surface area contributed by atoms with Gasteiger partial charge in [0.25, 0.3) is 0 Å². The first kappa shape index (κ1) is 11.1. The van der Waals surface area contributed by atoms with Gasteiger partial charge in [-0.2, -0.15) is 0 Å². The third kappa shape index (κ3) is 1.61. The molecule has 16 heavy (non-hydrogen) atoms. The topological polar surface area (TPSA) is 37.3 Å². The lowest BCUT2D eigenvalue weighted by atomic mass is 9.84. The first-order chi connectivity index (χ1) is 7.43. The van der Waals surface area contributed by atoms with Crippen molar-refractivity contribution in [1.82, 2.24) is 0 Å². The molecule has 2 nitrogen and oxygen atoms in total. The third-order valence-corrected chi connectivity index (χ3v) is 3.90. The van der Waals surface area contributed by atoms with Crippen LogP contribution in [0.4, 0.5) is 0 Å². The van der Waals surface area contributed by atoms with E-state index >= 15 is 0 Å². The molecule has 84 valence electrons. The van der Waals surface area contributed by atoms with Crippen molar-refractivity contribution < 1.29 is 9.90 Å². The molecule has 0 fully saturated rings. The SMILES string of the molecule is Cc1ccc2scc(C(C)(C)C(=O)O)c2c1. The van der Waals surface area contributed by atoms with Crippen molar-refractivity contribution in [3.8, 4) is 0 Å². The summed E-state index contributed by atoms with van der Waals surface area (Å²) in [5.74, 6) is -0.784. The van der Waals surface area contributed by atoms with Crippen LogP contribution in [-0.2, 0) is 10.2 Å². The van der Waals surface area contributed by atoms with Crippen molar-refractivity contribution in [3.63, 3.8) is 0 Å². The minimum atomic E-state index is -0.827. The quantitative estimate of drug-likeness (QED) is 0.862. The largest absolute Gasteiger partial charge is 0.481 e. The molecule has 0 aliphatic heterocycles. The van der Waals surface area contributed by atoms with Gasteiger partial charge in [0.1, 0.15) is 0 Å². The molecule has 1 N–H and O–H groups in total. The van der Waals surface area contributed by atoms with Gasteiger partial charge in [0.15, 0.2) is 0 Å². The number of rotatable bonds is 2. The Morgan fingerprint density at radius 3 is 2.69 bits per heavy atom. The molecular weight excluding hydrogens is 220 g/mol. The summed E-state index contributed by atoms with van der Waals surface area (Å²) in [6.45, 7) is 5.52. The Bertz CT molecular complexity index is 552. The van der Waals surface area contributed by atoms with Crippen molar-refractivity contribution in [3.05, 3.63) is 34.7 Å². The number of thiophene rings is 1. The minimum Gasteiger partial charge on any atom is -0.481 e. The average molecular weight is 234 g/mol. The monoisotopic (exact) mass is 234 g/mol. The van der Waals surface area contributed by atoms with Crippen LogP contribution in [0.2, 0.25) is 0 Å². The predicted molar refractivity (Wildman–Crippen MR) is 67.2 cm³/mol. The molecule has 3 heteroatoms. The van der Waals surface area contributed by atoms with Crippen LogP contribution in [-0.4, -0.2) is 11.1 Å². The molecule has 1 heterocycles. The van der Waals surface area contributed by atoms with Crippen molar-refractivity contribution in [2.75, 3.05) is 0 Å². The van der Waals surface area contributed by atoms with E-state index in [1.807, 2.05) is 12.3 Å². The molecule has 0 spiro atoms. The highest BCUT2D eigenvalue weighted by molar-refractivity contribution is 7.17. The molecule has 1 aromatic carbocycles. The summed E-state index contributed by atoms with van der Waals surface area (Å²) in [4.78, 5) is 11.3. The minimum absolute atomic E-state index is 0.784. The van der Waals surface area contributed by atoms with Crippen LogP contribution in [0.1, 0.15) is 25.0 Å². The molecule has 0 aliphatic rings. The highest BCUT2D eigenvalue weighted by atomic mass is 32.1. The summed E-state index contributed by atoms with van der Waals surface area (Å²) in [7, 11) is 0. The Labute approximate surface area is 98.5 Å². The second kappa shape index (κ2) is 3.59. The summed E-state index contributed by atoms with van der Waals surface area (Å²) in [5, 5.41) is 12.3. The van der Waals surface area contributed by atoms with Gasteiger partial charge in [-0.25, -0.2) is 0 Å². The highest BCUT2D eigenvalue weighted by Crippen LogP contribution is 2.35. The van der Waals surface area contributed by atoms with Crippen LogP contribution in [0.3, 0.4) is 0 Å². The van der Waals surface area contributed by atoms with Crippen molar-refractivity contribution >= 4 is 27.4 Å². The molecule has 2 rings (SSSR count). The van der Waals surface area contributed by atoms with Gasteiger partial charge in [-0.3, -0.25) is 4.79 Å². The van der Waals surface area contributed by atoms with Gasteiger partial charge in [-0.05, 0) is 43.2 Å². The first-order valence-corrected chi connectivity index (χ1v) is 6.02. The zero-order chi connectivity index (χ0) is 11.9. The number of hydrogen-bond donors (Lipinski definition) is 1. The Morgan fingerprint density at radius 1 is 1.38 bits per heavy atom. The summed E-state index contributed by atoms with van der Waals surface area (Å²) in [6.07, 6.45) is 0. The molecule has 0 aliphatic carbocycles. The molecule has 2 aromatic rings. The number of hydrogen-bond acceptors (Lipinski definition) is 2. The van der Waals surface area contributed by atoms with E-state index < -0.39 is 11.4 Å². The molecule has 0 bridgehead atoms. The highest BCUT2D eigenvalue weighted by Gasteiger charge is 2.31. The average Bonchev–Trinajstić information content (AvgIpc) is 2.60. The number of carboxylic acids is 1. The van der Waals surface area contributed by atoms with Crippen molar-refractivity contribution in [2.24, 2.45) is 0 Å². The third-order valence-electron chi connectivity index (χ3n) is 2.94. The molecule has 1 aromatic heterocycles. The maximum Gasteiger partial charge on any atom is 0.313 e. The lowest BCUT2D eigenvalue weighted by Crippen LogP contribution is -2.28. The van der Waals surface area contributed by atoms with Crippen LogP contribution in [0.25, 0.3) is 10.1 Å². The van der Waals surface area contributed by atoms with E-state index in [2.05, 4.69) is 18.2 Å². The molecule has 0 saturated heterocycles. The number of benzene rings is 1. The molecule has 0 unspecified atom stereocenters. The lowest BCUT2D eigenvalue weighted by Gasteiger charge is -2.18. The van der Waals surface area contributed by atoms with E-state index in [0.29, 0.717) is 0 Å². The van der Waals surface area contributed by atoms with Gasteiger partial charge in [0, 0.05) is 4.70 Å². The van der Waals surface area contributed by atoms with Crippen LogP contribution in [0.15, 0.2) is 23.6 Å². The summed E-state index contributed by atoms with van der Waals surface area (Å²) >= 11 is 1.60. The van der Waals surface area contributed by atoms with Crippen LogP contribution >= 0.6 is 11.3 Å². The van der Waals surface area contributed by atoms with E-state index in [1.54, 1.807) is 25.2 Å². The standard InChI is InChI=1S/C13H14O2S/c1-8-4-5-11-9(6-8)10(7-16-11)13(2,3)12(14)15/h4-7H,1-3H3,(H,14,15). The Balaban J connectivity index is 2.70. The molecular formula is C13H14O2S. The van der Waals surface area contributed by atoms with Crippen molar-refractivity contribution in [2.45, 2.75) is 26.2 Å². The Morgan fingerprint density at radius 2 is 2.06 bits per heavy atom. The van der Waals surface area contributed by atoms with E-state index in [4.69, 9.17) is 0 Å². The second-order valence-corrected chi connectivity index (χ2v) is 5.49. The second-order valence-electron chi connectivity index (χ2n) is 4.58. The number of carbonyl (C=O) groups is 1. The fourth-order valence-electron chi connectivity index (χ4n) is 1.74. The fourth-order valence-corrected chi connectivity index (χ4v) is 2.85. The normalized spacial score (nSPS) is 11.9. The van der Waals surface area contributed by atoms with Crippen LogP contribution < -0.4 is 0 Å². The van der Waals surface area contributed by atoms with Gasteiger partial charge in [-0.15, -0.1) is 11.3 Å². The number of carboxylic acid groups (broad SMARTS) is 1. The van der Waals surface area contributed by atoms with E-state index in [0.717, 1.165) is 21.2 Å². The van der Waals surface area contributed by atoms with Crippen LogP contribution in [0, 0.1) is 6.92 Å². The first-order valence-electron chi connectivity index (χ1n) is 5.14. The molecule has 0 amide bonds. The summed E-state index contributed by atoms with van der Waals surface area (Å²) in [6, 6.07) is 6.17. The summed E-state index contributed by atoms with van der Waals surface area (Å²) < 4.78 is 1.15. The smallest absolute Gasteiger partial charge is 0.313 e. The Kier molecular flexibility index (Phi) is 2.50. The molecule has 0 saturated carbocycles. The van der Waals surface area contributed by atoms with Gasteiger partial charge < -0.3 is 5.11 Å². The Hall–Kier alpha value is -1.35. The predicted octanol–water partition coefficient (Wildman–Crippen LogP) is 3.57. The van der Waals surface area contributed by atoms with Crippen molar-refractivity contribution in [1.29, 1.82) is 0 Å². The molecule has 0 atom stereocenters. The van der Waals surface area contributed by atoms with Gasteiger partial charge >= 0.3 is 5.97 Å². The maximum absolute atomic E-state index is 11.3. The van der Waals surface area contributed by atoms with E-state index in [-0.39, 0.29) is 0 Å². The van der Waals surface area contributed by atoms with Gasteiger partial charge in [0.2, 0.25) is 0 Å². The number of aryl methyl sites for hydroxylation is 1. The van der Waals surface area contributed by atoms with Gasteiger partial charge in [0.05, 0.1) is 5.41 Å². The van der Waals surface area contributed by atoms with Gasteiger partial charge in [-0.1, -0.05) is 17.7 Å². The maximum atomic E-state index is 11.3. The zero-order valence-corrected chi connectivity index (χ0v) is 10.4. The molecule has 0 radical (unpaired) electrons. The zero-order valence-electron chi connectivity index (χ0n) is 9.57. The fraction of sp³-hybridized carbons (Fsp3) is 0.308.